The van der Waals surface area contributed by atoms with Crippen LogP contribution < -0.4 is 5.32 Å². The molecule has 2 heterocycles. The van der Waals surface area contributed by atoms with E-state index in [1.165, 1.54) is 24.0 Å². The number of fused-ring (bicyclic) bond motifs is 1. The number of nitrogens with zero attached hydrogens (tertiary/aromatic N) is 2. The molecule has 0 bridgehead atoms. The van der Waals surface area contributed by atoms with Crippen molar-refractivity contribution in [2.24, 2.45) is 0 Å². The Morgan fingerprint density at radius 2 is 1.68 bits per heavy atom. The minimum absolute atomic E-state index is 0.0638. The maximum atomic E-state index is 13.0. The van der Waals surface area contributed by atoms with Gasteiger partial charge in [0.25, 0.3) is 11.8 Å². The molecule has 1 aromatic carbocycles. The van der Waals surface area contributed by atoms with Crippen LogP contribution in [-0.2, 0) is 13.0 Å². The third-order valence-corrected chi connectivity index (χ3v) is 5.86. The SMILES string of the molecule is O=C(NC1CCCCCC1)c1cncc(C(=O)N2CCc3ccccc3C2)c1. The molecule has 4 rings (SSSR count). The van der Waals surface area contributed by atoms with Crippen molar-refractivity contribution in [2.75, 3.05) is 6.54 Å². The first-order chi connectivity index (χ1) is 13.7. The van der Waals surface area contributed by atoms with Crippen molar-refractivity contribution >= 4 is 11.8 Å². The average Bonchev–Trinajstić information content (AvgIpc) is 3.01. The lowest BCUT2D eigenvalue weighted by molar-refractivity contribution is 0.0734. The quantitative estimate of drug-likeness (QED) is 0.829. The standard InChI is InChI=1S/C23H27N3O2/c27-22(25-21-9-3-1-2-4-10-21)19-13-20(15-24-14-19)23(28)26-12-11-17-7-5-6-8-18(17)16-26/h5-8,13-15,21H,1-4,9-12,16H2,(H,25,27). The molecule has 1 aromatic heterocycles. The van der Waals surface area contributed by atoms with Crippen molar-refractivity contribution < 1.29 is 9.59 Å². The fourth-order valence-corrected chi connectivity index (χ4v) is 4.23. The lowest BCUT2D eigenvalue weighted by atomic mass is 9.99. The molecule has 2 aromatic rings. The monoisotopic (exact) mass is 377 g/mol. The van der Waals surface area contributed by atoms with Crippen LogP contribution in [0.1, 0.15) is 70.4 Å². The zero-order valence-electron chi connectivity index (χ0n) is 16.2. The zero-order valence-corrected chi connectivity index (χ0v) is 16.2. The van der Waals surface area contributed by atoms with Crippen LogP contribution >= 0.6 is 0 Å². The number of rotatable bonds is 3. The Hall–Kier alpha value is -2.69. The fourth-order valence-electron chi connectivity index (χ4n) is 4.23. The molecular weight excluding hydrogens is 350 g/mol. The molecular formula is C23H27N3O2. The molecule has 1 fully saturated rings. The number of nitrogens with one attached hydrogen (secondary N) is 1. The Labute approximate surface area is 166 Å². The van der Waals surface area contributed by atoms with E-state index in [4.69, 9.17) is 0 Å². The first-order valence-electron chi connectivity index (χ1n) is 10.3. The second-order valence-electron chi connectivity index (χ2n) is 7.87. The molecule has 1 saturated carbocycles. The summed E-state index contributed by atoms with van der Waals surface area (Å²) in [6.07, 6.45) is 10.9. The van der Waals surface area contributed by atoms with Gasteiger partial charge in [-0.15, -0.1) is 0 Å². The highest BCUT2D eigenvalue weighted by atomic mass is 16.2. The van der Waals surface area contributed by atoms with Gasteiger partial charge in [-0.1, -0.05) is 49.9 Å². The van der Waals surface area contributed by atoms with Gasteiger partial charge in [-0.25, -0.2) is 0 Å². The topological polar surface area (TPSA) is 62.3 Å². The summed E-state index contributed by atoms with van der Waals surface area (Å²) < 4.78 is 0. The number of benzene rings is 1. The molecule has 1 aliphatic heterocycles. The van der Waals surface area contributed by atoms with E-state index in [9.17, 15) is 9.59 Å². The number of pyridine rings is 1. The lowest BCUT2D eigenvalue weighted by Crippen LogP contribution is -2.36. The summed E-state index contributed by atoms with van der Waals surface area (Å²) in [6, 6.07) is 10.2. The van der Waals surface area contributed by atoms with Gasteiger partial charge in [0.2, 0.25) is 0 Å². The molecule has 0 saturated heterocycles. The highest BCUT2D eigenvalue weighted by Crippen LogP contribution is 2.21. The van der Waals surface area contributed by atoms with Gasteiger partial charge in [0, 0.05) is 31.5 Å². The number of amides is 2. The highest BCUT2D eigenvalue weighted by Gasteiger charge is 2.23. The van der Waals surface area contributed by atoms with Crippen LogP contribution in [-0.4, -0.2) is 34.3 Å². The summed E-state index contributed by atoms with van der Waals surface area (Å²) in [5.41, 5.74) is 3.44. The lowest BCUT2D eigenvalue weighted by Gasteiger charge is -2.29. The normalized spacial score (nSPS) is 17.5. The molecule has 0 spiro atoms. The number of aromatic nitrogens is 1. The van der Waals surface area contributed by atoms with E-state index in [0.29, 0.717) is 24.2 Å². The van der Waals surface area contributed by atoms with Crippen LogP contribution in [0.3, 0.4) is 0 Å². The largest absolute Gasteiger partial charge is 0.349 e. The smallest absolute Gasteiger partial charge is 0.255 e. The molecule has 2 aliphatic rings. The van der Waals surface area contributed by atoms with Crippen molar-refractivity contribution in [1.82, 2.24) is 15.2 Å². The number of hydrogen-bond acceptors (Lipinski definition) is 3. The highest BCUT2D eigenvalue weighted by molar-refractivity contribution is 5.99. The minimum Gasteiger partial charge on any atom is -0.349 e. The van der Waals surface area contributed by atoms with Gasteiger partial charge in [0.05, 0.1) is 11.1 Å². The summed E-state index contributed by atoms with van der Waals surface area (Å²) in [6.45, 7) is 1.29. The molecule has 0 unspecified atom stereocenters. The van der Waals surface area contributed by atoms with Crippen LogP contribution in [0.25, 0.3) is 0 Å². The Balaban J connectivity index is 1.44. The molecule has 146 valence electrons. The zero-order chi connectivity index (χ0) is 19.3. The molecule has 28 heavy (non-hydrogen) atoms. The molecule has 2 amide bonds. The number of hydrogen-bond donors (Lipinski definition) is 1. The number of carbonyl (C=O) groups excluding carboxylic acids is 2. The second-order valence-corrected chi connectivity index (χ2v) is 7.87. The van der Waals surface area contributed by atoms with E-state index in [0.717, 1.165) is 32.1 Å². The van der Waals surface area contributed by atoms with Gasteiger partial charge in [-0.05, 0) is 36.5 Å². The average molecular weight is 377 g/mol. The van der Waals surface area contributed by atoms with Crippen molar-refractivity contribution in [3.8, 4) is 0 Å². The van der Waals surface area contributed by atoms with Crippen LogP contribution in [0.2, 0.25) is 0 Å². The summed E-state index contributed by atoms with van der Waals surface area (Å²) in [4.78, 5) is 31.6. The Morgan fingerprint density at radius 3 is 2.46 bits per heavy atom. The summed E-state index contributed by atoms with van der Waals surface area (Å²) in [5, 5.41) is 3.13. The maximum absolute atomic E-state index is 13.0. The Bertz CT molecular complexity index is 856. The molecule has 0 atom stereocenters. The summed E-state index contributed by atoms with van der Waals surface area (Å²) in [7, 11) is 0. The van der Waals surface area contributed by atoms with Crippen LogP contribution in [0.4, 0.5) is 0 Å². The van der Waals surface area contributed by atoms with Crippen LogP contribution in [0.15, 0.2) is 42.7 Å². The van der Waals surface area contributed by atoms with Gasteiger partial charge < -0.3 is 10.2 Å². The molecule has 5 heteroatoms. The van der Waals surface area contributed by atoms with Gasteiger partial charge >= 0.3 is 0 Å². The molecule has 5 nitrogen and oxygen atoms in total. The van der Waals surface area contributed by atoms with E-state index in [1.54, 1.807) is 18.5 Å². The van der Waals surface area contributed by atoms with Gasteiger partial charge in [0.1, 0.15) is 0 Å². The van der Waals surface area contributed by atoms with Gasteiger partial charge in [-0.2, -0.15) is 0 Å². The summed E-state index contributed by atoms with van der Waals surface area (Å²) in [5.74, 6) is -0.191. The van der Waals surface area contributed by atoms with E-state index in [-0.39, 0.29) is 17.9 Å². The predicted molar refractivity (Wildman–Crippen MR) is 108 cm³/mol. The molecule has 0 radical (unpaired) electrons. The third kappa shape index (κ3) is 4.24. The first kappa shape index (κ1) is 18.7. The van der Waals surface area contributed by atoms with Crippen molar-refractivity contribution in [2.45, 2.75) is 57.5 Å². The van der Waals surface area contributed by atoms with E-state index >= 15 is 0 Å². The van der Waals surface area contributed by atoms with E-state index < -0.39 is 0 Å². The second kappa shape index (κ2) is 8.55. The first-order valence-corrected chi connectivity index (χ1v) is 10.3. The molecule has 1 N–H and O–H groups in total. The van der Waals surface area contributed by atoms with Gasteiger partial charge in [-0.3, -0.25) is 14.6 Å². The predicted octanol–water partition coefficient (Wildman–Crippen LogP) is 3.73. The summed E-state index contributed by atoms with van der Waals surface area (Å²) >= 11 is 0. The van der Waals surface area contributed by atoms with E-state index in [1.807, 2.05) is 17.0 Å². The van der Waals surface area contributed by atoms with Gasteiger partial charge in [0.15, 0.2) is 0 Å². The minimum atomic E-state index is -0.127. The third-order valence-electron chi connectivity index (χ3n) is 5.86. The van der Waals surface area contributed by atoms with Crippen molar-refractivity contribution in [3.05, 3.63) is 65.0 Å². The fraction of sp³-hybridized carbons (Fsp3) is 0.435. The van der Waals surface area contributed by atoms with Crippen molar-refractivity contribution in [3.63, 3.8) is 0 Å². The number of carbonyl (C=O) groups is 2. The Morgan fingerprint density at radius 1 is 0.964 bits per heavy atom. The van der Waals surface area contributed by atoms with Crippen molar-refractivity contribution in [1.29, 1.82) is 0 Å². The van der Waals surface area contributed by atoms with Crippen LogP contribution in [0.5, 0.6) is 0 Å². The Kier molecular flexibility index (Phi) is 5.70. The van der Waals surface area contributed by atoms with E-state index in [2.05, 4.69) is 22.4 Å². The molecule has 1 aliphatic carbocycles. The maximum Gasteiger partial charge on any atom is 0.255 e. The van der Waals surface area contributed by atoms with Crippen LogP contribution in [0, 0.1) is 0 Å².